The van der Waals surface area contributed by atoms with Crippen molar-refractivity contribution in [1.82, 2.24) is 19.6 Å². The molecule has 1 spiro atoms. The minimum atomic E-state index is -0.599. The Hall–Kier alpha value is -2.63. The van der Waals surface area contributed by atoms with Gasteiger partial charge in [0, 0.05) is 45.0 Å². The molecule has 2 saturated heterocycles. The summed E-state index contributed by atoms with van der Waals surface area (Å²) in [7, 11) is 0. The van der Waals surface area contributed by atoms with E-state index in [0.717, 1.165) is 58.2 Å². The number of nitrogens with zero attached hydrogens (tertiary/aromatic N) is 4. The largest absolute Gasteiger partial charge is 0.340 e. The first-order chi connectivity index (χ1) is 14.2. The third kappa shape index (κ3) is 4.21. The van der Waals surface area contributed by atoms with Crippen LogP contribution in [0.15, 0.2) is 48.8 Å². The molecule has 2 aromatic rings. The lowest BCUT2D eigenvalue weighted by Gasteiger charge is -2.44. The maximum Gasteiger partial charge on any atom is 0.248 e. The van der Waals surface area contributed by atoms with Crippen molar-refractivity contribution in [2.24, 2.45) is 0 Å². The van der Waals surface area contributed by atoms with E-state index >= 15 is 0 Å². The molecule has 2 amide bonds. The van der Waals surface area contributed by atoms with Crippen molar-refractivity contribution in [3.8, 4) is 0 Å². The van der Waals surface area contributed by atoms with Crippen LogP contribution in [0.1, 0.15) is 44.1 Å². The highest BCUT2D eigenvalue weighted by atomic mass is 16.2. The third-order valence-electron chi connectivity index (χ3n) is 6.34. The number of carbonyl (C=O) groups excluding carboxylic acids is 2. The number of amides is 2. The third-order valence-corrected chi connectivity index (χ3v) is 6.34. The molecule has 154 valence electrons. The van der Waals surface area contributed by atoms with Crippen LogP contribution in [0.3, 0.4) is 0 Å². The van der Waals surface area contributed by atoms with E-state index in [4.69, 9.17) is 0 Å². The minimum Gasteiger partial charge on any atom is -0.340 e. The number of benzene rings is 1. The van der Waals surface area contributed by atoms with Crippen molar-refractivity contribution in [2.75, 3.05) is 19.6 Å². The fourth-order valence-electron chi connectivity index (χ4n) is 4.87. The van der Waals surface area contributed by atoms with Gasteiger partial charge in [-0.3, -0.25) is 14.3 Å². The van der Waals surface area contributed by atoms with Gasteiger partial charge in [-0.15, -0.1) is 0 Å². The molecule has 2 aliphatic heterocycles. The Balaban J connectivity index is 1.38. The van der Waals surface area contributed by atoms with Gasteiger partial charge in [0.1, 0.15) is 5.54 Å². The summed E-state index contributed by atoms with van der Waals surface area (Å²) in [5, 5.41) is 4.19. The molecule has 6 heteroatoms. The van der Waals surface area contributed by atoms with Gasteiger partial charge in [0.2, 0.25) is 11.8 Å². The molecule has 6 nitrogen and oxygen atoms in total. The van der Waals surface area contributed by atoms with Crippen LogP contribution in [0.4, 0.5) is 0 Å². The molecule has 0 saturated carbocycles. The maximum atomic E-state index is 13.5. The summed E-state index contributed by atoms with van der Waals surface area (Å²) in [4.78, 5) is 30.4. The lowest BCUT2D eigenvalue weighted by molar-refractivity contribution is -0.155. The first kappa shape index (κ1) is 19.7. The number of hydrogen-bond donors (Lipinski definition) is 0. The van der Waals surface area contributed by atoms with E-state index < -0.39 is 5.54 Å². The SMILES string of the molecule is O=C(CCCn1cccn1)N1CCCC12CCCN(CCc1ccccc1)C2=O. The molecular weight excluding hydrogens is 364 g/mol. The van der Waals surface area contributed by atoms with Crippen LogP contribution in [-0.2, 0) is 22.6 Å². The number of hydrogen-bond acceptors (Lipinski definition) is 3. The van der Waals surface area contributed by atoms with E-state index in [1.165, 1.54) is 5.56 Å². The van der Waals surface area contributed by atoms with E-state index in [9.17, 15) is 9.59 Å². The van der Waals surface area contributed by atoms with Gasteiger partial charge in [0.15, 0.2) is 0 Å². The zero-order chi connectivity index (χ0) is 20.1. The van der Waals surface area contributed by atoms with Crippen molar-refractivity contribution in [3.63, 3.8) is 0 Å². The van der Waals surface area contributed by atoms with Crippen LogP contribution in [0.5, 0.6) is 0 Å². The number of carbonyl (C=O) groups is 2. The highest BCUT2D eigenvalue weighted by molar-refractivity contribution is 5.92. The fourth-order valence-corrected chi connectivity index (χ4v) is 4.87. The molecule has 1 unspecified atom stereocenters. The van der Waals surface area contributed by atoms with Gasteiger partial charge in [0.25, 0.3) is 0 Å². The van der Waals surface area contributed by atoms with Gasteiger partial charge < -0.3 is 9.80 Å². The average molecular weight is 395 g/mol. The van der Waals surface area contributed by atoms with E-state index in [1.54, 1.807) is 6.20 Å². The Morgan fingerprint density at radius 3 is 2.59 bits per heavy atom. The van der Waals surface area contributed by atoms with Gasteiger partial charge in [-0.25, -0.2) is 0 Å². The molecule has 2 aliphatic rings. The highest BCUT2D eigenvalue weighted by Gasteiger charge is 2.52. The number of rotatable bonds is 7. The Morgan fingerprint density at radius 2 is 1.83 bits per heavy atom. The standard InChI is InChI=1S/C23H30N4O2/c28-21(10-4-16-26-17-7-14-24-26)27-18-6-13-23(27)12-5-15-25(22(23)29)19-11-20-8-2-1-3-9-20/h1-3,7-9,14,17H,4-6,10-13,15-16,18-19H2. The zero-order valence-corrected chi connectivity index (χ0v) is 17.0. The smallest absolute Gasteiger partial charge is 0.248 e. The van der Waals surface area contributed by atoms with Crippen LogP contribution >= 0.6 is 0 Å². The molecular formula is C23H30N4O2. The van der Waals surface area contributed by atoms with Crippen LogP contribution in [-0.4, -0.2) is 56.6 Å². The molecule has 29 heavy (non-hydrogen) atoms. The molecule has 3 heterocycles. The van der Waals surface area contributed by atoms with Gasteiger partial charge in [-0.1, -0.05) is 30.3 Å². The summed E-state index contributed by atoms with van der Waals surface area (Å²) in [6.45, 7) is 2.97. The van der Waals surface area contributed by atoms with E-state index in [-0.39, 0.29) is 11.8 Å². The topological polar surface area (TPSA) is 58.4 Å². The fraction of sp³-hybridized carbons (Fsp3) is 0.522. The van der Waals surface area contributed by atoms with Gasteiger partial charge in [0.05, 0.1) is 0 Å². The van der Waals surface area contributed by atoms with Crippen LogP contribution in [0, 0.1) is 0 Å². The van der Waals surface area contributed by atoms with Crippen molar-refractivity contribution in [1.29, 1.82) is 0 Å². The summed E-state index contributed by atoms with van der Waals surface area (Å²) in [6.07, 6.45) is 9.25. The summed E-state index contributed by atoms with van der Waals surface area (Å²) in [6, 6.07) is 12.2. The molecule has 1 atom stereocenters. The second-order valence-corrected chi connectivity index (χ2v) is 8.18. The molecule has 0 radical (unpaired) electrons. The van der Waals surface area contributed by atoms with E-state index in [2.05, 4.69) is 17.2 Å². The molecule has 2 fully saturated rings. The van der Waals surface area contributed by atoms with Gasteiger partial charge in [-0.05, 0) is 50.2 Å². The van der Waals surface area contributed by atoms with E-state index in [1.807, 2.05) is 44.9 Å². The number of aromatic nitrogens is 2. The normalized spacial score (nSPS) is 21.9. The second-order valence-electron chi connectivity index (χ2n) is 8.18. The van der Waals surface area contributed by atoms with Crippen molar-refractivity contribution in [3.05, 3.63) is 54.4 Å². The average Bonchev–Trinajstić information content (AvgIpc) is 3.40. The van der Waals surface area contributed by atoms with E-state index in [0.29, 0.717) is 13.0 Å². The Kier molecular flexibility index (Phi) is 5.97. The van der Waals surface area contributed by atoms with Crippen LogP contribution in [0.2, 0.25) is 0 Å². The summed E-state index contributed by atoms with van der Waals surface area (Å²) in [5.74, 6) is 0.283. The summed E-state index contributed by atoms with van der Waals surface area (Å²) in [5.41, 5.74) is 0.649. The number of likely N-dealkylation sites (tertiary alicyclic amines) is 2. The Bertz CT molecular complexity index is 821. The minimum absolute atomic E-state index is 0.118. The molecule has 0 aliphatic carbocycles. The Labute approximate surface area is 172 Å². The number of aryl methyl sites for hydroxylation is 1. The quantitative estimate of drug-likeness (QED) is 0.726. The molecule has 0 bridgehead atoms. The van der Waals surface area contributed by atoms with Gasteiger partial charge >= 0.3 is 0 Å². The maximum absolute atomic E-state index is 13.5. The van der Waals surface area contributed by atoms with Crippen molar-refractivity contribution < 1.29 is 9.59 Å². The predicted molar refractivity (Wildman–Crippen MR) is 111 cm³/mol. The van der Waals surface area contributed by atoms with Crippen molar-refractivity contribution >= 4 is 11.8 Å². The first-order valence-electron chi connectivity index (χ1n) is 10.8. The predicted octanol–water partition coefficient (Wildman–Crippen LogP) is 2.89. The number of piperidine rings is 1. The Morgan fingerprint density at radius 1 is 1.03 bits per heavy atom. The van der Waals surface area contributed by atoms with Crippen LogP contribution < -0.4 is 0 Å². The van der Waals surface area contributed by atoms with Crippen LogP contribution in [0.25, 0.3) is 0 Å². The second kappa shape index (κ2) is 8.80. The lowest BCUT2D eigenvalue weighted by atomic mass is 9.85. The summed E-state index contributed by atoms with van der Waals surface area (Å²) >= 11 is 0. The first-order valence-corrected chi connectivity index (χ1v) is 10.8. The molecule has 1 aromatic heterocycles. The molecule has 1 aromatic carbocycles. The monoisotopic (exact) mass is 394 g/mol. The summed E-state index contributed by atoms with van der Waals surface area (Å²) < 4.78 is 1.85. The lowest BCUT2D eigenvalue weighted by Crippen LogP contribution is -2.61. The molecule has 0 N–H and O–H groups in total. The highest BCUT2D eigenvalue weighted by Crippen LogP contribution is 2.38. The van der Waals surface area contributed by atoms with Crippen molar-refractivity contribution in [2.45, 2.75) is 57.0 Å². The molecule has 4 rings (SSSR count). The van der Waals surface area contributed by atoms with Gasteiger partial charge in [-0.2, -0.15) is 5.10 Å². The zero-order valence-electron chi connectivity index (χ0n) is 17.0.